The van der Waals surface area contributed by atoms with E-state index in [0.29, 0.717) is 10.8 Å². The molecule has 0 bridgehead atoms. The molecule has 72 valence electrons. The maximum Gasteiger partial charge on any atom is 0.209 e. The largest absolute Gasteiger partial charge is 0.229 e. The lowest BCUT2D eigenvalue weighted by molar-refractivity contribution is 0.599. The fourth-order valence-corrected chi connectivity index (χ4v) is 2.38. The van der Waals surface area contributed by atoms with Crippen LogP contribution < -0.4 is 5.14 Å². The van der Waals surface area contributed by atoms with Crippen LogP contribution in [0.3, 0.4) is 0 Å². The van der Waals surface area contributed by atoms with Crippen LogP contribution in [0.1, 0.15) is 0 Å². The number of nitrogens with two attached hydrogens (primary N) is 1. The summed E-state index contributed by atoms with van der Waals surface area (Å²) in [5, 5.41) is 12.9. The SMILES string of the molecule is NS(=O)(=O)CCSc1cccnn1. The zero-order chi connectivity index (χ0) is 9.73. The molecule has 1 rings (SSSR count). The molecule has 0 atom stereocenters. The summed E-state index contributed by atoms with van der Waals surface area (Å²) in [5.41, 5.74) is 0. The minimum atomic E-state index is -3.36. The van der Waals surface area contributed by atoms with Gasteiger partial charge in [0.15, 0.2) is 0 Å². The summed E-state index contributed by atoms with van der Waals surface area (Å²) in [4.78, 5) is 0. The van der Waals surface area contributed by atoms with E-state index in [1.807, 2.05) is 0 Å². The van der Waals surface area contributed by atoms with Crippen molar-refractivity contribution in [3.8, 4) is 0 Å². The van der Waals surface area contributed by atoms with E-state index in [1.54, 1.807) is 18.3 Å². The molecule has 0 amide bonds. The lowest BCUT2D eigenvalue weighted by Gasteiger charge is -1.97. The maximum absolute atomic E-state index is 10.5. The Morgan fingerprint density at radius 2 is 2.31 bits per heavy atom. The second kappa shape index (κ2) is 4.54. The van der Waals surface area contributed by atoms with Crippen molar-refractivity contribution >= 4 is 21.8 Å². The zero-order valence-corrected chi connectivity index (χ0v) is 8.38. The topological polar surface area (TPSA) is 85.9 Å². The van der Waals surface area contributed by atoms with Crippen LogP contribution in [-0.4, -0.2) is 30.1 Å². The second-order valence-electron chi connectivity index (χ2n) is 2.28. The van der Waals surface area contributed by atoms with Gasteiger partial charge in [0.25, 0.3) is 0 Å². The molecule has 2 N–H and O–H groups in total. The first-order valence-corrected chi connectivity index (χ1v) is 6.19. The van der Waals surface area contributed by atoms with E-state index in [4.69, 9.17) is 5.14 Å². The summed E-state index contributed by atoms with van der Waals surface area (Å²) < 4.78 is 21.1. The molecule has 0 aliphatic carbocycles. The van der Waals surface area contributed by atoms with Crippen LogP contribution in [0, 0.1) is 0 Å². The van der Waals surface area contributed by atoms with Crippen molar-refractivity contribution in [2.24, 2.45) is 5.14 Å². The van der Waals surface area contributed by atoms with Gasteiger partial charge < -0.3 is 0 Å². The third-order valence-electron chi connectivity index (χ3n) is 1.17. The van der Waals surface area contributed by atoms with E-state index in [1.165, 1.54) is 11.8 Å². The highest BCUT2D eigenvalue weighted by Gasteiger charge is 2.03. The number of hydrogen-bond acceptors (Lipinski definition) is 5. The fraction of sp³-hybridized carbons (Fsp3) is 0.333. The van der Waals surface area contributed by atoms with Crippen molar-refractivity contribution in [1.29, 1.82) is 0 Å². The van der Waals surface area contributed by atoms with E-state index in [9.17, 15) is 8.42 Å². The summed E-state index contributed by atoms with van der Waals surface area (Å²) in [5.74, 6) is 0.353. The number of hydrogen-bond donors (Lipinski definition) is 1. The van der Waals surface area contributed by atoms with Gasteiger partial charge in [-0.2, -0.15) is 5.10 Å². The Bertz CT molecular complexity index is 351. The van der Waals surface area contributed by atoms with Crippen LogP contribution in [0.15, 0.2) is 23.4 Å². The third kappa shape index (κ3) is 4.81. The van der Waals surface area contributed by atoms with Gasteiger partial charge in [-0.3, -0.25) is 0 Å². The Morgan fingerprint density at radius 1 is 1.54 bits per heavy atom. The molecule has 0 unspecified atom stereocenters. The molecule has 13 heavy (non-hydrogen) atoms. The first-order chi connectivity index (χ1) is 6.08. The number of thioether (sulfide) groups is 1. The molecule has 1 heterocycles. The van der Waals surface area contributed by atoms with Crippen LogP contribution in [0.5, 0.6) is 0 Å². The van der Waals surface area contributed by atoms with Gasteiger partial charge in [0.1, 0.15) is 5.03 Å². The molecule has 0 aliphatic heterocycles. The molecule has 0 aliphatic rings. The lowest BCUT2D eigenvalue weighted by atomic mass is 10.6. The number of rotatable bonds is 4. The Kier molecular flexibility index (Phi) is 3.64. The van der Waals surface area contributed by atoms with Crippen LogP contribution in [0.4, 0.5) is 0 Å². The molecule has 0 radical (unpaired) electrons. The quantitative estimate of drug-likeness (QED) is 0.712. The van der Waals surface area contributed by atoms with E-state index >= 15 is 0 Å². The molecule has 0 saturated heterocycles. The first kappa shape index (κ1) is 10.4. The summed E-state index contributed by atoms with van der Waals surface area (Å²) in [6.45, 7) is 0. The molecule has 1 aromatic rings. The van der Waals surface area contributed by atoms with Gasteiger partial charge in [-0.1, -0.05) is 0 Å². The van der Waals surface area contributed by atoms with Crippen molar-refractivity contribution in [3.63, 3.8) is 0 Å². The van der Waals surface area contributed by atoms with E-state index < -0.39 is 10.0 Å². The first-order valence-electron chi connectivity index (χ1n) is 3.49. The van der Waals surface area contributed by atoms with Crippen molar-refractivity contribution < 1.29 is 8.42 Å². The summed E-state index contributed by atoms with van der Waals surface area (Å²) in [7, 11) is -3.36. The number of aromatic nitrogens is 2. The second-order valence-corrected chi connectivity index (χ2v) is 5.13. The van der Waals surface area contributed by atoms with Gasteiger partial charge in [0, 0.05) is 11.9 Å². The molecule has 7 heteroatoms. The normalized spacial score (nSPS) is 11.5. The summed E-state index contributed by atoms with van der Waals surface area (Å²) in [6.07, 6.45) is 1.56. The zero-order valence-electron chi connectivity index (χ0n) is 6.75. The minimum absolute atomic E-state index is 0.0474. The van der Waals surface area contributed by atoms with Crippen LogP contribution in [0.25, 0.3) is 0 Å². The van der Waals surface area contributed by atoms with Gasteiger partial charge in [-0.15, -0.1) is 16.9 Å². The summed E-state index contributed by atoms with van der Waals surface area (Å²) in [6, 6.07) is 3.51. The van der Waals surface area contributed by atoms with Crippen molar-refractivity contribution in [2.75, 3.05) is 11.5 Å². The molecular formula is C6H9N3O2S2. The predicted octanol–water partition coefficient (Wildman–Crippen LogP) is -0.143. The average Bonchev–Trinajstić information content (AvgIpc) is 2.04. The van der Waals surface area contributed by atoms with Gasteiger partial charge in [0.2, 0.25) is 10.0 Å². The molecule has 0 aromatic carbocycles. The van der Waals surface area contributed by atoms with Crippen molar-refractivity contribution in [3.05, 3.63) is 18.3 Å². The Labute approximate surface area is 80.8 Å². The Hall–Kier alpha value is -0.660. The molecule has 0 saturated carbocycles. The smallest absolute Gasteiger partial charge is 0.209 e. The van der Waals surface area contributed by atoms with Gasteiger partial charge in [0.05, 0.1) is 5.75 Å². The van der Waals surface area contributed by atoms with Crippen LogP contribution in [-0.2, 0) is 10.0 Å². The molecule has 0 fully saturated rings. The highest BCUT2D eigenvalue weighted by molar-refractivity contribution is 8.00. The standard InChI is InChI=1S/C6H9N3O2S2/c7-13(10,11)5-4-12-6-2-1-3-8-9-6/h1-3H,4-5H2,(H2,7,10,11). The average molecular weight is 219 g/mol. The molecular weight excluding hydrogens is 210 g/mol. The molecule has 5 nitrogen and oxygen atoms in total. The highest BCUT2D eigenvalue weighted by atomic mass is 32.2. The van der Waals surface area contributed by atoms with E-state index in [2.05, 4.69) is 10.2 Å². The maximum atomic E-state index is 10.5. The molecule has 0 spiro atoms. The Balaban J connectivity index is 2.37. The van der Waals surface area contributed by atoms with Gasteiger partial charge >= 0.3 is 0 Å². The number of primary sulfonamides is 1. The monoisotopic (exact) mass is 219 g/mol. The van der Waals surface area contributed by atoms with Crippen molar-refractivity contribution in [1.82, 2.24) is 10.2 Å². The van der Waals surface area contributed by atoms with Crippen LogP contribution in [0.2, 0.25) is 0 Å². The number of sulfonamides is 1. The van der Waals surface area contributed by atoms with E-state index in [-0.39, 0.29) is 5.75 Å². The third-order valence-corrected chi connectivity index (χ3v) is 3.12. The van der Waals surface area contributed by atoms with Crippen molar-refractivity contribution in [2.45, 2.75) is 5.03 Å². The van der Waals surface area contributed by atoms with Gasteiger partial charge in [-0.25, -0.2) is 13.6 Å². The van der Waals surface area contributed by atoms with Crippen LogP contribution >= 0.6 is 11.8 Å². The highest BCUT2D eigenvalue weighted by Crippen LogP contribution is 2.12. The minimum Gasteiger partial charge on any atom is -0.229 e. The molecule has 1 aromatic heterocycles. The van der Waals surface area contributed by atoms with E-state index in [0.717, 1.165) is 0 Å². The lowest BCUT2D eigenvalue weighted by Crippen LogP contribution is -2.17. The predicted molar refractivity (Wildman–Crippen MR) is 50.7 cm³/mol. The number of nitrogens with zero attached hydrogens (tertiary/aromatic N) is 2. The Morgan fingerprint density at radius 3 is 2.85 bits per heavy atom. The summed E-state index contributed by atoms with van der Waals surface area (Å²) >= 11 is 1.31. The van der Waals surface area contributed by atoms with Gasteiger partial charge in [-0.05, 0) is 12.1 Å². The fourth-order valence-electron chi connectivity index (χ4n) is 0.627.